The highest BCUT2D eigenvalue weighted by Gasteiger charge is 2.66. The summed E-state index contributed by atoms with van der Waals surface area (Å²) < 4.78 is 94.9. The molecule has 57 heavy (non-hydrogen) atoms. The summed E-state index contributed by atoms with van der Waals surface area (Å²) in [5.74, 6) is -1.29. The smallest absolute Gasteiger partial charge is 0.464 e. The maximum Gasteiger partial charge on any atom is 0.523 e. The van der Waals surface area contributed by atoms with Gasteiger partial charge in [-0.25, -0.2) is 4.79 Å². The SMILES string of the molecule is CCOC(=O)[C@]1(O)C[C@H](O[Si](c2ccccc2)(c2ccccc2)C(C)(C)C)[C@H](OS(=O)(=O)C(F)(F)F)[C@H](O[Si](c2ccccc2)(c2ccccc2)C(C)(C)C)[C@H]1O. The Balaban J connectivity index is 1.88. The van der Waals surface area contributed by atoms with Crippen LogP contribution in [-0.2, 0) is 32.7 Å². The third-order valence-electron chi connectivity index (χ3n) is 10.6. The molecule has 1 fully saturated rings. The van der Waals surface area contributed by atoms with E-state index in [0.29, 0.717) is 20.7 Å². The second-order valence-corrected chi connectivity index (χ2v) is 26.4. The van der Waals surface area contributed by atoms with Crippen LogP contribution in [0.4, 0.5) is 13.2 Å². The Labute approximate surface area is 335 Å². The van der Waals surface area contributed by atoms with Crippen molar-refractivity contribution >= 4 is 53.5 Å². The number of carbonyl (C=O) groups is 1. The molecule has 0 heterocycles. The first-order chi connectivity index (χ1) is 26.6. The lowest BCUT2D eigenvalue weighted by molar-refractivity contribution is -0.222. The van der Waals surface area contributed by atoms with Gasteiger partial charge in [0.05, 0.1) is 12.7 Å². The quantitative estimate of drug-likeness (QED) is 0.0860. The largest absolute Gasteiger partial charge is 0.523 e. The highest BCUT2D eigenvalue weighted by atomic mass is 32.2. The first-order valence-electron chi connectivity index (χ1n) is 18.7. The Morgan fingerprint density at radius 1 is 0.684 bits per heavy atom. The first-order valence-corrected chi connectivity index (χ1v) is 23.9. The van der Waals surface area contributed by atoms with Gasteiger partial charge in [-0.1, -0.05) is 163 Å². The normalized spacial score (nSPS) is 22.5. The predicted molar refractivity (Wildman–Crippen MR) is 217 cm³/mol. The number of alkyl halides is 3. The van der Waals surface area contributed by atoms with Gasteiger partial charge < -0.3 is 23.8 Å². The van der Waals surface area contributed by atoms with E-state index in [-0.39, 0.29) is 6.61 Å². The van der Waals surface area contributed by atoms with Gasteiger partial charge in [-0.05, 0) is 37.7 Å². The number of aliphatic hydroxyl groups is 2. The molecule has 0 spiro atoms. The molecule has 5 rings (SSSR count). The standard InChI is InChI=1S/C42H51F3O9SSi2/c1-8-51-38(47)41(48)29-34(53-56(39(2,3)4,30-21-13-9-14-22-30)31-23-15-10-16-24-31)35(52-55(49,50)42(43,44)45)36(37(41)46)54-57(40(5,6)7,32-25-17-11-18-26-32)33-27-19-12-20-28-33/h9-28,34-37,46,48H,8,29H2,1-7H3/t34-,35-,36-,37+,41-/m0/s1. The summed E-state index contributed by atoms with van der Waals surface area (Å²) in [4.78, 5) is 13.9. The zero-order valence-corrected chi connectivity index (χ0v) is 35.9. The monoisotopic (exact) mass is 844 g/mol. The summed E-state index contributed by atoms with van der Waals surface area (Å²) in [6.45, 7) is 12.6. The molecule has 2 N–H and O–H groups in total. The number of halogens is 3. The molecular weight excluding hydrogens is 794 g/mol. The fourth-order valence-corrected chi connectivity index (χ4v) is 18.0. The van der Waals surface area contributed by atoms with Gasteiger partial charge in [0.2, 0.25) is 0 Å². The molecule has 0 bridgehead atoms. The molecular formula is C42H51F3O9SSi2. The molecule has 0 amide bonds. The van der Waals surface area contributed by atoms with Crippen LogP contribution < -0.4 is 20.7 Å². The van der Waals surface area contributed by atoms with Gasteiger partial charge in [0.25, 0.3) is 16.6 Å². The van der Waals surface area contributed by atoms with Gasteiger partial charge in [-0.3, -0.25) is 4.18 Å². The predicted octanol–water partition coefficient (Wildman–Crippen LogP) is 5.17. The Hall–Kier alpha value is -3.68. The van der Waals surface area contributed by atoms with Crippen LogP contribution in [0.3, 0.4) is 0 Å². The maximum absolute atomic E-state index is 14.5. The van der Waals surface area contributed by atoms with Crippen molar-refractivity contribution in [2.75, 3.05) is 6.61 Å². The maximum atomic E-state index is 14.5. The minimum atomic E-state index is -6.43. The second-order valence-electron chi connectivity index (χ2n) is 16.3. The molecule has 15 heteroatoms. The van der Waals surface area contributed by atoms with Crippen molar-refractivity contribution in [3.05, 3.63) is 121 Å². The van der Waals surface area contributed by atoms with Crippen molar-refractivity contribution in [2.24, 2.45) is 0 Å². The van der Waals surface area contributed by atoms with E-state index in [1.807, 2.05) is 65.8 Å². The molecule has 5 atom stereocenters. The molecule has 4 aromatic rings. The van der Waals surface area contributed by atoms with Crippen LogP contribution in [0.2, 0.25) is 10.1 Å². The molecule has 4 aromatic carbocycles. The van der Waals surface area contributed by atoms with E-state index in [1.165, 1.54) is 6.92 Å². The molecule has 1 aliphatic rings. The highest BCUT2D eigenvalue weighted by molar-refractivity contribution is 7.87. The Bertz CT molecular complexity index is 1980. The summed E-state index contributed by atoms with van der Waals surface area (Å²) in [7, 11) is -14.2. The van der Waals surface area contributed by atoms with Crippen LogP contribution in [-0.4, -0.2) is 83.4 Å². The van der Waals surface area contributed by atoms with Crippen LogP contribution >= 0.6 is 0 Å². The Morgan fingerprint density at radius 3 is 1.35 bits per heavy atom. The van der Waals surface area contributed by atoms with Crippen molar-refractivity contribution in [3.63, 3.8) is 0 Å². The third kappa shape index (κ3) is 8.30. The van der Waals surface area contributed by atoms with Crippen LogP contribution in [0, 0.1) is 0 Å². The van der Waals surface area contributed by atoms with Crippen molar-refractivity contribution in [2.45, 2.75) is 100 Å². The lowest BCUT2D eigenvalue weighted by Gasteiger charge is -2.54. The number of rotatable bonds is 12. The van der Waals surface area contributed by atoms with E-state index < -0.39 is 84.7 Å². The Morgan fingerprint density at radius 2 is 1.04 bits per heavy atom. The lowest BCUT2D eigenvalue weighted by Crippen LogP contribution is -2.76. The van der Waals surface area contributed by atoms with Crippen molar-refractivity contribution in [1.82, 2.24) is 0 Å². The number of carbonyl (C=O) groups excluding carboxylic acids is 1. The second kappa shape index (κ2) is 16.5. The lowest BCUT2D eigenvalue weighted by atomic mass is 9.77. The van der Waals surface area contributed by atoms with Crippen LogP contribution in [0.5, 0.6) is 0 Å². The molecule has 1 saturated carbocycles. The molecule has 9 nitrogen and oxygen atoms in total. The van der Waals surface area contributed by atoms with Gasteiger partial charge in [0.15, 0.2) is 5.60 Å². The van der Waals surface area contributed by atoms with E-state index in [0.717, 1.165) is 0 Å². The fraction of sp³-hybridized carbons (Fsp3) is 0.405. The van der Waals surface area contributed by atoms with E-state index in [2.05, 4.69) is 0 Å². The summed E-state index contributed by atoms with van der Waals surface area (Å²) in [5, 5.41) is 25.6. The van der Waals surface area contributed by atoms with Crippen LogP contribution in [0.1, 0.15) is 54.9 Å². The van der Waals surface area contributed by atoms with Gasteiger partial charge in [-0.15, -0.1) is 0 Å². The number of aliphatic hydroxyl groups excluding tert-OH is 1. The van der Waals surface area contributed by atoms with Gasteiger partial charge in [-0.2, -0.15) is 21.6 Å². The average molecular weight is 845 g/mol. The summed E-state index contributed by atoms with van der Waals surface area (Å²) in [6, 6.07) is 35.7. The Kier molecular flexibility index (Phi) is 12.9. The molecule has 0 aliphatic heterocycles. The van der Waals surface area contributed by atoms with E-state index in [1.54, 1.807) is 97.1 Å². The number of benzene rings is 4. The number of ether oxygens (including phenoxy) is 1. The zero-order chi connectivity index (χ0) is 42.1. The first kappa shape index (κ1) is 44.4. The number of hydrogen-bond acceptors (Lipinski definition) is 9. The summed E-state index contributed by atoms with van der Waals surface area (Å²) in [6.07, 6.45) is -9.49. The van der Waals surface area contributed by atoms with E-state index in [4.69, 9.17) is 17.8 Å². The minimum Gasteiger partial charge on any atom is -0.464 e. The van der Waals surface area contributed by atoms with Gasteiger partial charge >= 0.3 is 21.6 Å². The highest BCUT2D eigenvalue weighted by Crippen LogP contribution is 2.46. The third-order valence-corrected chi connectivity index (χ3v) is 21.8. The molecule has 308 valence electrons. The molecule has 0 radical (unpaired) electrons. The molecule has 0 unspecified atom stereocenters. The fourth-order valence-electron chi connectivity index (χ4n) is 8.04. The minimum absolute atomic E-state index is 0.225. The van der Waals surface area contributed by atoms with Gasteiger partial charge in [0, 0.05) is 6.42 Å². The molecule has 1 aliphatic carbocycles. The van der Waals surface area contributed by atoms with Crippen LogP contribution in [0.15, 0.2) is 121 Å². The van der Waals surface area contributed by atoms with E-state index in [9.17, 15) is 36.6 Å². The van der Waals surface area contributed by atoms with Crippen molar-refractivity contribution in [3.8, 4) is 0 Å². The topological polar surface area (TPSA) is 129 Å². The van der Waals surface area contributed by atoms with Crippen LogP contribution in [0.25, 0.3) is 0 Å². The summed E-state index contributed by atoms with van der Waals surface area (Å²) in [5.41, 5.74) is -8.78. The van der Waals surface area contributed by atoms with Crippen molar-refractivity contribution in [1.29, 1.82) is 0 Å². The zero-order valence-electron chi connectivity index (χ0n) is 33.1. The molecule has 0 aromatic heterocycles. The summed E-state index contributed by atoms with van der Waals surface area (Å²) >= 11 is 0. The number of hydrogen-bond donors (Lipinski definition) is 2. The molecule has 0 saturated heterocycles. The average Bonchev–Trinajstić information content (AvgIpc) is 3.15. The van der Waals surface area contributed by atoms with E-state index >= 15 is 0 Å². The van der Waals surface area contributed by atoms with Gasteiger partial charge in [0.1, 0.15) is 18.3 Å². The number of esters is 1. The van der Waals surface area contributed by atoms with Crippen molar-refractivity contribution < 1.29 is 54.4 Å².